The second kappa shape index (κ2) is 13.5. The van der Waals surface area contributed by atoms with Crippen LogP contribution in [0, 0.1) is 11.8 Å². The van der Waals surface area contributed by atoms with Gasteiger partial charge < -0.3 is 16.1 Å². The molecule has 1 saturated heterocycles. The molecule has 2 unspecified atom stereocenters. The summed E-state index contributed by atoms with van der Waals surface area (Å²) in [5.74, 6) is 0.915. The first-order valence-electron chi connectivity index (χ1n) is 9.13. The van der Waals surface area contributed by atoms with E-state index in [2.05, 4.69) is 29.2 Å². The van der Waals surface area contributed by atoms with Gasteiger partial charge in [-0.1, -0.05) is 6.92 Å². The monoisotopic (exact) mass is 393 g/mol. The molecule has 1 aliphatic carbocycles. The van der Waals surface area contributed by atoms with Crippen LogP contribution in [0.25, 0.3) is 0 Å². The van der Waals surface area contributed by atoms with E-state index in [0.29, 0.717) is 2.00 Å². The Balaban J connectivity index is 0.000000798. The van der Waals surface area contributed by atoms with Crippen LogP contribution in [0.5, 0.6) is 0 Å². The molecule has 1 saturated carbocycles. The van der Waals surface area contributed by atoms with Crippen LogP contribution < -0.4 is 0 Å². The van der Waals surface area contributed by atoms with E-state index in [4.69, 9.17) is 5.11 Å². The topological polar surface area (TPSA) is 121 Å². The van der Waals surface area contributed by atoms with Gasteiger partial charge in [0.25, 0.3) is 0 Å². The number of amides is 1. The Morgan fingerprint density at radius 2 is 1.58 bits per heavy atom. The SMILES string of the molecule is CCC(=O)O.O.O.O=[C]([Ca][CH2]c1ccccc1)N1CC2CCCCC2C1. The van der Waals surface area contributed by atoms with Crippen LogP contribution in [0.1, 0.15) is 44.6 Å². The molecule has 1 amide bonds. The number of benzene rings is 1. The third-order valence-electron chi connectivity index (χ3n) is 5.10. The summed E-state index contributed by atoms with van der Waals surface area (Å²) in [5, 5.41) is 7.72. The van der Waals surface area contributed by atoms with E-state index in [1.54, 1.807) is 6.92 Å². The molecule has 1 aliphatic heterocycles. The summed E-state index contributed by atoms with van der Waals surface area (Å²) in [4.78, 5) is 24.0. The van der Waals surface area contributed by atoms with Gasteiger partial charge in [-0.3, -0.25) is 4.79 Å². The molecule has 5 N–H and O–H groups in total. The average molecular weight is 394 g/mol. The van der Waals surface area contributed by atoms with Crippen LogP contribution in [-0.2, 0) is 7.31 Å². The molecule has 0 bridgehead atoms. The molecule has 3 rings (SSSR count). The van der Waals surface area contributed by atoms with Crippen molar-refractivity contribution >= 4 is 41.8 Å². The predicted molar refractivity (Wildman–Crippen MR) is 103 cm³/mol. The van der Waals surface area contributed by atoms with Crippen molar-refractivity contribution in [3.63, 3.8) is 0 Å². The number of aliphatic carboxylic acids is 1. The number of carbonyl (C=O) groups is 2. The van der Waals surface area contributed by atoms with Crippen LogP contribution in [-0.4, -0.2) is 75.9 Å². The first-order valence-corrected chi connectivity index (χ1v) is 11.8. The number of rotatable bonds is 4. The van der Waals surface area contributed by atoms with E-state index >= 15 is 0 Å². The third kappa shape index (κ3) is 8.35. The fourth-order valence-electron chi connectivity index (χ4n) is 3.66. The van der Waals surface area contributed by atoms with Crippen LogP contribution in [0.2, 0.25) is 0 Å². The standard InChI is InChI=1S/C9H14NO.C7H7.C3H6O2.Ca.2H2O/c11-7-10-5-8-3-1-2-4-9(8)6-10;1-7-5-3-2-4-6-7;1-2-3(4)5;;;/h8-9H,1-6H2;2-6H,1H2;2H2,1H3,(H,4,5);;2*1H2. The third-order valence-corrected chi connectivity index (χ3v) is 7.76. The van der Waals surface area contributed by atoms with E-state index in [1.807, 2.05) is 6.07 Å². The molecule has 0 spiro atoms. The molecule has 0 aromatic heterocycles. The maximum atomic E-state index is 12.4. The molecule has 1 aromatic carbocycles. The van der Waals surface area contributed by atoms with Crippen molar-refractivity contribution in [2.75, 3.05) is 13.1 Å². The summed E-state index contributed by atoms with van der Waals surface area (Å²) in [6, 6.07) is 10.5. The molecule has 7 heteroatoms. The molecule has 26 heavy (non-hydrogen) atoms. The maximum absolute atomic E-state index is 12.4. The molecule has 2 atom stereocenters. The van der Waals surface area contributed by atoms with Gasteiger partial charge in [0, 0.05) is 6.42 Å². The van der Waals surface area contributed by atoms with Crippen molar-refractivity contribution in [3.05, 3.63) is 35.9 Å². The van der Waals surface area contributed by atoms with E-state index < -0.39 is 39.8 Å². The Kier molecular flexibility index (Phi) is 13.2. The zero-order valence-electron chi connectivity index (χ0n) is 15.6. The fourth-order valence-corrected chi connectivity index (χ4v) is 5.87. The van der Waals surface area contributed by atoms with E-state index in [-0.39, 0.29) is 17.4 Å². The molecular weight excluding hydrogens is 362 g/mol. The summed E-state index contributed by atoms with van der Waals surface area (Å²) in [7, 11) is 0. The van der Waals surface area contributed by atoms with E-state index in [0.717, 1.165) is 27.4 Å². The Morgan fingerprint density at radius 3 is 2.04 bits per heavy atom. The second-order valence-corrected chi connectivity index (χ2v) is 9.34. The first kappa shape index (κ1) is 25.3. The summed E-state index contributed by atoms with van der Waals surface area (Å²) in [6.07, 6.45) is 5.71. The van der Waals surface area contributed by atoms with Gasteiger partial charge in [0.2, 0.25) is 0 Å². The van der Waals surface area contributed by atoms with Crippen LogP contribution in [0.15, 0.2) is 30.3 Å². The molecule has 1 heterocycles. The predicted octanol–water partition coefficient (Wildman–Crippen LogP) is 1.96. The zero-order valence-corrected chi connectivity index (χ0v) is 17.8. The number of carboxylic acid groups (broad SMARTS) is 1. The van der Waals surface area contributed by atoms with Crippen LogP contribution >= 0.6 is 0 Å². The first-order chi connectivity index (χ1) is 11.6. The van der Waals surface area contributed by atoms with Gasteiger partial charge in [-0.25, -0.2) is 0 Å². The summed E-state index contributed by atoms with van der Waals surface area (Å²) in [6.45, 7) is 3.75. The van der Waals surface area contributed by atoms with Crippen molar-refractivity contribution in [2.24, 2.45) is 11.8 Å². The Labute approximate surface area is 173 Å². The van der Waals surface area contributed by atoms with Gasteiger partial charge in [0.05, 0.1) is 0 Å². The number of nitrogens with zero attached hydrogens (tertiary/aromatic N) is 1. The van der Waals surface area contributed by atoms with Crippen molar-refractivity contribution in [3.8, 4) is 0 Å². The Hall–Kier alpha value is -0.660. The normalized spacial score (nSPS) is 20.3. The number of fused-ring (bicyclic) bond motifs is 1. The molecule has 1 aromatic rings. The summed E-state index contributed by atoms with van der Waals surface area (Å²) >= 11 is -1.11. The number of carbonyl (C=O) groups excluding carboxylic acids is 1. The number of carboxylic acids is 1. The number of likely N-dealkylation sites (tertiary alicyclic amines) is 1. The van der Waals surface area contributed by atoms with Crippen LogP contribution in [0.4, 0.5) is 4.79 Å². The molecule has 0 radical (unpaired) electrons. The van der Waals surface area contributed by atoms with Gasteiger partial charge in [0.1, 0.15) is 0 Å². The molecule has 2 aliphatic rings. The molecular formula is C19H31CaNO5. The minimum atomic E-state index is -1.11. The number of hydrogen-bond acceptors (Lipinski definition) is 2. The molecule has 2 fully saturated rings. The average Bonchev–Trinajstić information content (AvgIpc) is 3.05. The van der Waals surface area contributed by atoms with Crippen molar-refractivity contribution in [2.45, 2.75) is 41.5 Å². The van der Waals surface area contributed by atoms with Gasteiger partial charge in [-0.05, 0) is 0 Å². The quantitative estimate of drug-likeness (QED) is 0.787. The fraction of sp³-hybridized carbons (Fsp3) is 0.579. The van der Waals surface area contributed by atoms with Gasteiger partial charge in [-0.2, -0.15) is 0 Å². The Morgan fingerprint density at radius 1 is 1.08 bits per heavy atom. The van der Waals surface area contributed by atoms with Crippen molar-refractivity contribution in [1.29, 1.82) is 0 Å². The minimum absolute atomic E-state index is 0. The van der Waals surface area contributed by atoms with Crippen molar-refractivity contribution < 1.29 is 25.6 Å². The second-order valence-electron chi connectivity index (χ2n) is 6.84. The Bertz CT molecular complexity index is 526. The summed E-state index contributed by atoms with van der Waals surface area (Å²) in [5.41, 5.74) is 1.35. The van der Waals surface area contributed by atoms with E-state index in [9.17, 15) is 9.59 Å². The molecule has 6 nitrogen and oxygen atoms in total. The molecule has 144 valence electrons. The van der Waals surface area contributed by atoms with Crippen molar-refractivity contribution in [1.82, 2.24) is 4.90 Å². The number of hydrogen-bond donors (Lipinski definition) is 1. The van der Waals surface area contributed by atoms with Gasteiger partial charge in [-0.15, -0.1) is 0 Å². The van der Waals surface area contributed by atoms with Crippen LogP contribution in [0.3, 0.4) is 0 Å². The van der Waals surface area contributed by atoms with E-state index in [1.165, 1.54) is 31.2 Å². The zero-order chi connectivity index (χ0) is 17.4. The van der Waals surface area contributed by atoms with Gasteiger partial charge >= 0.3 is 141 Å². The summed E-state index contributed by atoms with van der Waals surface area (Å²) < 4.78 is 1.61. The van der Waals surface area contributed by atoms with Gasteiger partial charge in [0.15, 0.2) is 0 Å².